The molecule has 0 bridgehead atoms. The predicted octanol–water partition coefficient (Wildman–Crippen LogP) is 2.13. The lowest BCUT2D eigenvalue weighted by atomic mass is 9.89. The molecule has 2 atom stereocenters. The van der Waals surface area contributed by atoms with Crippen molar-refractivity contribution in [1.82, 2.24) is 10.3 Å². The van der Waals surface area contributed by atoms with Gasteiger partial charge in [-0.25, -0.2) is 0 Å². The molecule has 1 aliphatic rings. The van der Waals surface area contributed by atoms with Crippen molar-refractivity contribution in [3.8, 4) is 0 Å². The van der Waals surface area contributed by atoms with Crippen LogP contribution in [0, 0.1) is 0 Å². The second kappa shape index (κ2) is 5.06. The van der Waals surface area contributed by atoms with E-state index in [-0.39, 0.29) is 11.9 Å². The van der Waals surface area contributed by atoms with Gasteiger partial charge in [-0.2, -0.15) is 0 Å². The van der Waals surface area contributed by atoms with Crippen LogP contribution in [0.2, 0.25) is 0 Å². The molecule has 1 aromatic carbocycles. The van der Waals surface area contributed by atoms with Crippen LogP contribution in [0.4, 0.5) is 0 Å². The highest BCUT2D eigenvalue weighted by Gasteiger charge is 2.28. The van der Waals surface area contributed by atoms with E-state index in [1.165, 1.54) is 11.1 Å². The van der Waals surface area contributed by atoms with Crippen LogP contribution in [0.1, 0.15) is 45.9 Å². The third-order valence-corrected chi connectivity index (χ3v) is 3.99. The highest BCUT2D eigenvalue weighted by atomic mass is 16.1. The number of aromatic nitrogens is 1. The number of hydrogen-bond acceptors (Lipinski definition) is 3. The quantitative estimate of drug-likeness (QED) is 0.895. The maximum absolute atomic E-state index is 11.2. The summed E-state index contributed by atoms with van der Waals surface area (Å²) in [4.78, 5) is 15.4. The minimum atomic E-state index is -0.378. The van der Waals surface area contributed by atoms with Gasteiger partial charge in [-0.3, -0.25) is 9.78 Å². The zero-order valence-electron chi connectivity index (χ0n) is 11.3. The van der Waals surface area contributed by atoms with Gasteiger partial charge in [0.2, 0.25) is 5.91 Å². The molecule has 1 aliphatic heterocycles. The van der Waals surface area contributed by atoms with E-state index in [0.717, 1.165) is 12.1 Å². The topological polar surface area (TPSA) is 68.0 Å². The fourth-order valence-electron chi connectivity index (χ4n) is 2.83. The molecule has 0 saturated carbocycles. The highest BCUT2D eigenvalue weighted by molar-refractivity contribution is 5.93. The van der Waals surface area contributed by atoms with Crippen molar-refractivity contribution in [1.29, 1.82) is 0 Å². The van der Waals surface area contributed by atoms with Crippen LogP contribution in [0.25, 0.3) is 0 Å². The lowest BCUT2D eigenvalue weighted by Gasteiger charge is -2.21. The first kappa shape index (κ1) is 12.8. The summed E-state index contributed by atoms with van der Waals surface area (Å²) < 4.78 is 0. The van der Waals surface area contributed by atoms with E-state index in [0.29, 0.717) is 11.5 Å². The van der Waals surface area contributed by atoms with Gasteiger partial charge in [-0.1, -0.05) is 19.1 Å². The lowest BCUT2D eigenvalue weighted by molar-refractivity contribution is 0.1000. The van der Waals surface area contributed by atoms with E-state index in [2.05, 4.69) is 23.3 Å². The van der Waals surface area contributed by atoms with Crippen LogP contribution in [0.3, 0.4) is 0 Å². The number of pyridine rings is 1. The summed E-state index contributed by atoms with van der Waals surface area (Å²) in [7, 11) is 0. The molecule has 0 aliphatic carbocycles. The Morgan fingerprint density at radius 3 is 3.00 bits per heavy atom. The van der Waals surface area contributed by atoms with E-state index in [1.807, 2.05) is 24.4 Å². The van der Waals surface area contributed by atoms with Gasteiger partial charge in [-0.05, 0) is 34.9 Å². The van der Waals surface area contributed by atoms with Crippen molar-refractivity contribution in [3.63, 3.8) is 0 Å². The Hall–Kier alpha value is -2.20. The van der Waals surface area contributed by atoms with Gasteiger partial charge in [-0.15, -0.1) is 0 Å². The largest absolute Gasteiger partial charge is 0.366 e. The van der Waals surface area contributed by atoms with Crippen molar-refractivity contribution >= 4 is 5.91 Å². The maximum atomic E-state index is 11.2. The van der Waals surface area contributed by atoms with Gasteiger partial charge in [0, 0.05) is 36.5 Å². The molecule has 2 aromatic rings. The second-order valence-corrected chi connectivity index (χ2v) is 5.21. The number of benzene rings is 1. The molecule has 1 aromatic heterocycles. The van der Waals surface area contributed by atoms with Gasteiger partial charge in [0.1, 0.15) is 0 Å². The third-order valence-electron chi connectivity index (χ3n) is 3.99. The molecule has 3 N–H and O–H groups in total. The number of nitrogens with one attached hydrogen (secondary N) is 1. The average molecular weight is 267 g/mol. The molecule has 2 heterocycles. The van der Waals surface area contributed by atoms with Crippen molar-refractivity contribution in [2.75, 3.05) is 0 Å². The molecule has 4 heteroatoms. The van der Waals surface area contributed by atoms with Crippen LogP contribution >= 0.6 is 0 Å². The standard InChI is InChI=1S/C16H17N3O/c1-10(12-3-2-6-18-8-12)15-14-5-4-11(16(17)20)7-13(14)9-19-15/h2-8,10,15,19H,9H2,1H3,(H2,17,20)/t10-,15?/m0/s1. The van der Waals surface area contributed by atoms with Crippen LogP contribution in [-0.2, 0) is 6.54 Å². The molecule has 0 saturated heterocycles. The smallest absolute Gasteiger partial charge is 0.248 e. The molecule has 20 heavy (non-hydrogen) atoms. The summed E-state index contributed by atoms with van der Waals surface area (Å²) in [6.45, 7) is 2.96. The van der Waals surface area contributed by atoms with Gasteiger partial charge < -0.3 is 11.1 Å². The van der Waals surface area contributed by atoms with Gasteiger partial charge in [0.05, 0.1) is 0 Å². The number of fused-ring (bicyclic) bond motifs is 1. The average Bonchev–Trinajstić information content (AvgIpc) is 2.90. The van der Waals surface area contributed by atoms with Crippen LogP contribution < -0.4 is 11.1 Å². The Morgan fingerprint density at radius 2 is 2.30 bits per heavy atom. The monoisotopic (exact) mass is 267 g/mol. The fourth-order valence-corrected chi connectivity index (χ4v) is 2.83. The van der Waals surface area contributed by atoms with Crippen molar-refractivity contribution in [2.24, 2.45) is 5.73 Å². The summed E-state index contributed by atoms with van der Waals surface area (Å²) in [6, 6.07) is 9.99. The van der Waals surface area contributed by atoms with E-state index in [4.69, 9.17) is 5.73 Å². The highest BCUT2D eigenvalue weighted by Crippen LogP contribution is 2.36. The second-order valence-electron chi connectivity index (χ2n) is 5.21. The minimum absolute atomic E-state index is 0.246. The Bertz CT molecular complexity index is 639. The fraction of sp³-hybridized carbons (Fsp3) is 0.250. The molecular weight excluding hydrogens is 250 g/mol. The molecule has 0 fully saturated rings. The number of amides is 1. The predicted molar refractivity (Wildman–Crippen MR) is 77.2 cm³/mol. The molecule has 0 radical (unpaired) electrons. The molecule has 1 amide bonds. The van der Waals surface area contributed by atoms with E-state index in [1.54, 1.807) is 12.3 Å². The van der Waals surface area contributed by atoms with E-state index in [9.17, 15) is 4.79 Å². The van der Waals surface area contributed by atoms with Gasteiger partial charge in [0.25, 0.3) is 0 Å². The Kier molecular flexibility index (Phi) is 3.24. The van der Waals surface area contributed by atoms with Crippen LogP contribution in [-0.4, -0.2) is 10.9 Å². The number of rotatable bonds is 3. The number of primary amides is 1. The van der Waals surface area contributed by atoms with Crippen LogP contribution in [0.15, 0.2) is 42.7 Å². The molecule has 1 unspecified atom stereocenters. The van der Waals surface area contributed by atoms with E-state index >= 15 is 0 Å². The Balaban J connectivity index is 1.91. The summed E-state index contributed by atoms with van der Waals surface area (Å²) >= 11 is 0. The summed E-state index contributed by atoms with van der Waals surface area (Å²) in [6.07, 6.45) is 3.69. The zero-order chi connectivity index (χ0) is 14.1. The van der Waals surface area contributed by atoms with Gasteiger partial charge >= 0.3 is 0 Å². The Labute approximate surface area is 118 Å². The minimum Gasteiger partial charge on any atom is -0.366 e. The summed E-state index contributed by atoms with van der Waals surface area (Å²) in [5, 5.41) is 3.51. The number of carbonyl (C=O) groups excluding carboxylic acids is 1. The first-order chi connectivity index (χ1) is 9.66. The first-order valence-electron chi connectivity index (χ1n) is 6.73. The number of carbonyl (C=O) groups is 1. The number of hydrogen-bond donors (Lipinski definition) is 2. The van der Waals surface area contributed by atoms with Crippen molar-refractivity contribution in [3.05, 3.63) is 65.0 Å². The molecule has 102 valence electrons. The summed E-state index contributed by atoms with van der Waals surface area (Å²) in [5.74, 6) is -0.0547. The van der Waals surface area contributed by atoms with Crippen molar-refractivity contribution < 1.29 is 4.79 Å². The number of nitrogens with two attached hydrogens (primary N) is 1. The summed E-state index contributed by atoms with van der Waals surface area (Å²) in [5.41, 5.74) is 9.50. The normalized spacial score (nSPS) is 18.6. The first-order valence-corrected chi connectivity index (χ1v) is 6.73. The molecule has 0 spiro atoms. The molecular formula is C16H17N3O. The molecule has 3 rings (SSSR count). The SMILES string of the molecule is C[C@@H](c1cccnc1)C1NCc2cc(C(N)=O)ccc21. The van der Waals surface area contributed by atoms with Crippen molar-refractivity contribution in [2.45, 2.75) is 25.4 Å². The number of nitrogens with zero attached hydrogens (tertiary/aromatic N) is 1. The molecule has 4 nitrogen and oxygen atoms in total. The Morgan fingerprint density at radius 1 is 1.45 bits per heavy atom. The maximum Gasteiger partial charge on any atom is 0.248 e. The third kappa shape index (κ3) is 2.18. The van der Waals surface area contributed by atoms with Crippen LogP contribution in [0.5, 0.6) is 0 Å². The zero-order valence-corrected chi connectivity index (χ0v) is 11.3. The van der Waals surface area contributed by atoms with E-state index < -0.39 is 0 Å². The lowest BCUT2D eigenvalue weighted by Crippen LogP contribution is -2.18. The van der Waals surface area contributed by atoms with Gasteiger partial charge in [0.15, 0.2) is 0 Å².